The fourth-order valence-electron chi connectivity index (χ4n) is 2.83. The fourth-order valence-corrected chi connectivity index (χ4v) is 3.77. The van der Waals surface area contributed by atoms with Crippen molar-refractivity contribution in [3.05, 3.63) is 11.9 Å². The smallest absolute Gasteiger partial charge is 0.0964 e. The van der Waals surface area contributed by atoms with Crippen molar-refractivity contribution in [1.29, 1.82) is 0 Å². The van der Waals surface area contributed by atoms with E-state index in [1.165, 1.54) is 32.1 Å². The van der Waals surface area contributed by atoms with E-state index in [1.807, 2.05) is 18.0 Å². The first-order chi connectivity index (χ1) is 9.78. The highest BCUT2D eigenvalue weighted by molar-refractivity contribution is 8.00. The molecule has 5 nitrogen and oxygen atoms in total. The van der Waals surface area contributed by atoms with Gasteiger partial charge in [0.25, 0.3) is 0 Å². The minimum atomic E-state index is 0.198. The van der Waals surface area contributed by atoms with E-state index in [1.54, 1.807) is 4.68 Å². The van der Waals surface area contributed by atoms with Crippen LogP contribution in [0.2, 0.25) is 0 Å². The Balaban J connectivity index is 1.75. The first kappa shape index (κ1) is 15.8. The Bertz CT molecular complexity index is 390. The molecule has 0 amide bonds. The van der Waals surface area contributed by atoms with Gasteiger partial charge in [0.1, 0.15) is 0 Å². The summed E-state index contributed by atoms with van der Waals surface area (Å²) in [4.78, 5) is 0. The molecule has 0 saturated heterocycles. The van der Waals surface area contributed by atoms with Crippen molar-refractivity contribution in [2.24, 2.45) is 0 Å². The molecule has 1 aromatic heterocycles. The Hall–Kier alpha value is -0.590. The number of aromatic nitrogens is 3. The summed E-state index contributed by atoms with van der Waals surface area (Å²) in [5, 5.41) is 20.6. The second kappa shape index (κ2) is 8.00. The Labute approximate surface area is 125 Å². The first-order valence-electron chi connectivity index (χ1n) is 7.54. The van der Waals surface area contributed by atoms with Gasteiger partial charge in [0.2, 0.25) is 0 Å². The van der Waals surface area contributed by atoms with Crippen molar-refractivity contribution >= 4 is 11.8 Å². The molecule has 114 valence electrons. The lowest BCUT2D eigenvalue weighted by Gasteiger charge is -2.35. The largest absolute Gasteiger partial charge is 0.396 e. The summed E-state index contributed by atoms with van der Waals surface area (Å²) >= 11 is 2.01. The third-order valence-electron chi connectivity index (χ3n) is 4.08. The Kier molecular flexibility index (Phi) is 6.32. The molecule has 6 heteroatoms. The predicted molar refractivity (Wildman–Crippen MR) is 82.8 cm³/mol. The average Bonchev–Trinajstić information content (AvgIpc) is 2.94. The summed E-state index contributed by atoms with van der Waals surface area (Å²) in [7, 11) is 0. The molecule has 1 aliphatic rings. The molecule has 0 aliphatic heterocycles. The molecule has 20 heavy (non-hydrogen) atoms. The van der Waals surface area contributed by atoms with Crippen LogP contribution >= 0.6 is 11.8 Å². The van der Waals surface area contributed by atoms with Crippen LogP contribution in [0.5, 0.6) is 0 Å². The van der Waals surface area contributed by atoms with E-state index < -0.39 is 0 Å². The molecule has 0 radical (unpaired) electrons. The van der Waals surface area contributed by atoms with Gasteiger partial charge in [-0.2, -0.15) is 11.8 Å². The predicted octanol–water partition coefficient (Wildman–Crippen LogP) is 1.82. The van der Waals surface area contributed by atoms with Crippen molar-refractivity contribution in [2.75, 3.05) is 19.4 Å². The third kappa shape index (κ3) is 4.46. The summed E-state index contributed by atoms with van der Waals surface area (Å²) in [6.07, 6.45) is 11.7. The minimum Gasteiger partial charge on any atom is -0.396 e. The molecule has 0 atom stereocenters. The van der Waals surface area contributed by atoms with Crippen LogP contribution in [-0.2, 0) is 13.1 Å². The molecule has 2 N–H and O–H groups in total. The van der Waals surface area contributed by atoms with Crippen molar-refractivity contribution in [2.45, 2.75) is 56.4 Å². The standard InChI is InChI=1S/C14H26N4OS/c1-20-14(6-3-2-4-7-14)12-15-10-13-11-18(17-16-13)8-5-9-19/h11,15,19H,2-10,12H2,1H3. The molecule has 1 fully saturated rings. The van der Waals surface area contributed by atoms with Crippen LogP contribution in [0.15, 0.2) is 6.20 Å². The topological polar surface area (TPSA) is 63.0 Å². The highest BCUT2D eigenvalue weighted by Crippen LogP contribution is 2.37. The minimum absolute atomic E-state index is 0.198. The third-order valence-corrected chi connectivity index (χ3v) is 5.50. The normalized spacial score (nSPS) is 18.3. The van der Waals surface area contributed by atoms with Gasteiger partial charge in [0, 0.05) is 37.2 Å². The maximum absolute atomic E-state index is 8.80. The van der Waals surface area contributed by atoms with Crippen LogP contribution in [0, 0.1) is 0 Å². The van der Waals surface area contributed by atoms with E-state index in [9.17, 15) is 0 Å². The number of nitrogens with zero attached hydrogens (tertiary/aromatic N) is 3. The highest BCUT2D eigenvalue weighted by Gasteiger charge is 2.30. The first-order valence-corrected chi connectivity index (χ1v) is 8.76. The summed E-state index contributed by atoms with van der Waals surface area (Å²) in [5.74, 6) is 0. The number of hydrogen-bond acceptors (Lipinski definition) is 5. The maximum Gasteiger partial charge on any atom is 0.0964 e. The van der Waals surface area contributed by atoms with Crippen LogP contribution in [0.3, 0.4) is 0 Å². The molecular formula is C14H26N4OS. The lowest BCUT2D eigenvalue weighted by atomic mass is 9.88. The zero-order chi connectivity index (χ0) is 14.3. The number of nitrogens with one attached hydrogen (secondary N) is 1. The number of hydrogen-bond donors (Lipinski definition) is 2. The molecule has 2 rings (SSSR count). The molecule has 1 heterocycles. The van der Waals surface area contributed by atoms with Gasteiger partial charge in [0.05, 0.1) is 5.69 Å². The van der Waals surface area contributed by atoms with Gasteiger partial charge < -0.3 is 10.4 Å². The number of aliphatic hydroxyl groups is 1. The monoisotopic (exact) mass is 298 g/mol. The summed E-state index contributed by atoms with van der Waals surface area (Å²) in [5.41, 5.74) is 0.981. The van der Waals surface area contributed by atoms with E-state index in [4.69, 9.17) is 5.11 Å². The number of rotatable bonds is 8. The summed E-state index contributed by atoms with van der Waals surface area (Å²) < 4.78 is 2.23. The van der Waals surface area contributed by atoms with E-state index in [0.717, 1.165) is 31.7 Å². The molecule has 1 saturated carbocycles. The highest BCUT2D eigenvalue weighted by atomic mass is 32.2. The average molecular weight is 298 g/mol. The van der Waals surface area contributed by atoms with Gasteiger partial charge in [-0.25, -0.2) is 0 Å². The van der Waals surface area contributed by atoms with E-state index in [-0.39, 0.29) is 6.61 Å². The zero-order valence-corrected chi connectivity index (χ0v) is 13.2. The molecule has 0 unspecified atom stereocenters. The maximum atomic E-state index is 8.80. The van der Waals surface area contributed by atoms with E-state index in [2.05, 4.69) is 21.9 Å². The quantitative estimate of drug-likeness (QED) is 0.766. The Morgan fingerprint density at radius 2 is 2.20 bits per heavy atom. The van der Waals surface area contributed by atoms with Gasteiger partial charge >= 0.3 is 0 Å². The fraction of sp³-hybridized carbons (Fsp3) is 0.857. The van der Waals surface area contributed by atoms with Gasteiger partial charge in [-0.1, -0.05) is 24.5 Å². The molecule has 1 aromatic rings. The molecular weight excluding hydrogens is 272 g/mol. The zero-order valence-electron chi connectivity index (χ0n) is 12.3. The lowest BCUT2D eigenvalue weighted by molar-refractivity contribution is 0.276. The van der Waals surface area contributed by atoms with Crippen LogP contribution in [0.1, 0.15) is 44.2 Å². The van der Waals surface area contributed by atoms with Gasteiger partial charge in [-0.15, -0.1) is 5.10 Å². The van der Waals surface area contributed by atoms with Crippen molar-refractivity contribution in [3.8, 4) is 0 Å². The van der Waals surface area contributed by atoms with E-state index >= 15 is 0 Å². The lowest BCUT2D eigenvalue weighted by Crippen LogP contribution is -2.39. The second-order valence-electron chi connectivity index (χ2n) is 5.60. The van der Waals surface area contributed by atoms with Crippen LogP contribution in [0.25, 0.3) is 0 Å². The second-order valence-corrected chi connectivity index (χ2v) is 6.88. The summed E-state index contributed by atoms with van der Waals surface area (Å²) in [6.45, 7) is 2.76. The Morgan fingerprint density at radius 1 is 1.40 bits per heavy atom. The van der Waals surface area contributed by atoms with Crippen molar-refractivity contribution in [3.63, 3.8) is 0 Å². The van der Waals surface area contributed by atoms with Crippen molar-refractivity contribution < 1.29 is 5.11 Å². The van der Waals surface area contributed by atoms with Gasteiger partial charge in [-0.05, 0) is 25.5 Å². The van der Waals surface area contributed by atoms with Crippen LogP contribution in [-0.4, -0.2) is 44.3 Å². The SMILES string of the molecule is CSC1(CNCc2cn(CCCO)nn2)CCCCC1. The van der Waals surface area contributed by atoms with Crippen LogP contribution in [0.4, 0.5) is 0 Å². The van der Waals surface area contributed by atoms with Crippen molar-refractivity contribution in [1.82, 2.24) is 20.3 Å². The number of thioether (sulfide) groups is 1. The van der Waals surface area contributed by atoms with E-state index in [0.29, 0.717) is 4.75 Å². The summed E-state index contributed by atoms with van der Waals surface area (Å²) in [6, 6.07) is 0. The molecule has 0 spiro atoms. The molecule has 1 aliphatic carbocycles. The van der Waals surface area contributed by atoms with Crippen LogP contribution < -0.4 is 5.32 Å². The van der Waals surface area contributed by atoms with Gasteiger partial charge in [0.15, 0.2) is 0 Å². The molecule has 0 bridgehead atoms. The Morgan fingerprint density at radius 3 is 2.90 bits per heavy atom. The number of aryl methyl sites for hydroxylation is 1. The van der Waals surface area contributed by atoms with Gasteiger partial charge in [-0.3, -0.25) is 4.68 Å². The molecule has 0 aromatic carbocycles. The number of aliphatic hydroxyl groups excluding tert-OH is 1.